The number of ether oxygens (including phenoxy) is 1. The first-order valence-electron chi connectivity index (χ1n) is 8.18. The Balaban J connectivity index is 1.96. The Bertz CT molecular complexity index is 1060. The number of sulfonamides is 1. The molecule has 1 unspecified atom stereocenters. The van der Waals surface area contributed by atoms with Gasteiger partial charge < -0.3 is 4.74 Å². The molecule has 0 bridgehead atoms. The van der Waals surface area contributed by atoms with Crippen molar-refractivity contribution in [1.29, 1.82) is 0 Å². The van der Waals surface area contributed by atoms with Gasteiger partial charge in [-0.2, -0.15) is 5.10 Å². The molecule has 1 aromatic heterocycles. The summed E-state index contributed by atoms with van der Waals surface area (Å²) in [6.45, 7) is 0.220. The van der Waals surface area contributed by atoms with E-state index in [1.54, 1.807) is 12.1 Å². The second kappa shape index (κ2) is 8.51. The maximum Gasteiger partial charge on any atom is 0.337 e. The van der Waals surface area contributed by atoms with Crippen molar-refractivity contribution in [2.75, 3.05) is 7.11 Å². The third-order valence-electron chi connectivity index (χ3n) is 3.98. The van der Waals surface area contributed by atoms with Gasteiger partial charge in [-0.1, -0.05) is 41.9 Å². The van der Waals surface area contributed by atoms with E-state index in [4.69, 9.17) is 11.6 Å². The fourth-order valence-corrected chi connectivity index (χ4v) is 4.36. The number of hydrogen-bond acceptors (Lipinski definition) is 6. The Labute approximate surface area is 167 Å². The minimum absolute atomic E-state index is 0.00674. The van der Waals surface area contributed by atoms with Gasteiger partial charge in [-0.05, 0) is 23.8 Å². The molecule has 8 nitrogen and oxygen atoms in total. The Morgan fingerprint density at radius 2 is 2.00 bits per heavy atom. The van der Waals surface area contributed by atoms with Gasteiger partial charge in [0.1, 0.15) is 17.6 Å². The molecule has 0 radical (unpaired) electrons. The monoisotopic (exact) mass is 420 g/mol. The van der Waals surface area contributed by atoms with Crippen LogP contribution >= 0.6 is 11.6 Å². The maximum absolute atomic E-state index is 13.0. The third-order valence-corrected chi connectivity index (χ3v) is 5.93. The third kappa shape index (κ3) is 4.56. The molecule has 10 heteroatoms. The van der Waals surface area contributed by atoms with Crippen molar-refractivity contribution in [3.8, 4) is 0 Å². The number of benzene rings is 2. The van der Waals surface area contributed by atoms with Crippen molar-refractivity contribution in [1.82, 2.24) is 19.5 Å². The van der Waals surface area contributed by atoms with Crippen LogP contribution in [0.2, 0.25) is 5.02 Å². The number of halogens is 1. The first-order valence-corrected chi connectivity index (χ1v) is 10.0. The lowest BCUT2D eigenvalue weighted by atomic mass is 10.1. The van der Waals surface area contributed by atoms with Crippen molar-refractivity contribution >= 4 is 27.6 Å². The van der Waals surface area contributed by atoms with E-state index < -0.39 is 22.0 Å². The highest BCUT2D eigenvalue weighted by atomic mass is 35.5. The largest absolute Gasteiger partial charge is 0.465 e. The van der Waals surface area contributed by atoms with Gasteiger partial charge in [0.15, 0.2) is 0 Å². The van der Waals surface area contributed by atoms with Crippen molar-refractivity contribution in [3.63, 3.8) is 0 Å². The Morgan fingerprint density at radius 1 is 1.25 bits per heavy atom. The molecule has 2 aromatic carbocycles. The lowest BCUT2D eigenvalue weighted by molar-refractivity contribution is 0.0600. The van der Waals surface area contributed by atoms with Gasteiger partial charge in [0, 0.05) is 0 Å². The van der Waals surface area contributed by atoms with Gasteiger partial charge >= 0.3 is 5.97 Å². The fraction of sp³-hybridized carbons (Fsp3) is 0.167. The average Bonchev–Trinajstić information content (AvgIpc) is 3.20. The van der Waals surface area contributed by atoms with Gasteiger partial charge in [0.05, 0.1) is 30.3 Å². The van der Waals surface area contributed by atoms with Crippen LogP contribution < -0.4 is 4.72 Å². The molecule has 0 aliphatic heterocycles. The number of nitrogens with zero attached hydrogens (tertiary/aromatic N) is 3. The normalized spacial score (nSPS) is 12.5. The molecule has 1 heterocycles. The predicted octanol–water partition coefficient (Wildman–Crippen LogP) is 2.44. The number of nitrogens with one attached hydrogen (secondary N) is 1. The second-order valence-electron chi connectivity index (χ2n) is 5.84. The Morgan fingerprint density at radius 3 is 2.64 bits per heavy atom. The van der Waals surface area contributed by atoms with Gasteiger partial charge in [-0.15, -0.1) is 0 Å². The zero-order chi connectivity index (χ0) is 20.1. The lowest BCUT2D eigenvalue weighted by Crippen LogP contribution is -2.32. The van der Waals surface area contributed by atoms with Crippen LogP contribution in [0.25, 0.3) is 0 Å². The number of methoxy groups -OCH3 is 1. The highest BCUT2D eigenvalue weighted by Gasteiger charge is 2.25. The van der Waals surface area contributed by atoms with Crippen LogP contribution in [-0.4, -0.2) is 36.3 Å². The van der Waals surface area contributed by atoms with Crippen LogP contribution in [0.1, 0.15) is 22.0 Å². The maximum atomic E-state index is 13.0. The molecule has 0 aliphatic carbocycles. The molecule has 1 atom stereocenters. The van der Waals surface area contributed by atoms with E-state index in [0.717, 1.165) is 5.56 Å². The molecule has 0 amide bonds. The summed E-state index contributed by atoms with van der Waals surface area (Å²) in [4.78, 5) is 15.4. The second-order valence-corrected chi connectivity index (χ2v) is 7.93. The molecule has 0 saturated heterocycles. The molecule has 0 spiro atoms. The quantitative estimate of drug-likeness (QED) is 0.589. The number of rotatable bonds is 7. The standard InChI is InChI=1S/C18H17ClN4O4S/c1-27-18(24)14-7-8-15(19)17(9-14)28(25,26)22-16(10-23-12-20-11-21-23)13-5-3-2-4-6-13/h2-9,11-12,16,22H,10H2,1H3. The van der Waals surface area contributed by atoms with Crippen LogP contribution in [-0.2, 0) is 21.3 Å². The molecule has 3 aromatic rings. The molecule has 0 aliphatic rings. The van der Waals surface area contributed by atoms with E-state index >= 15 is 0 Å². The minimum Gasteiger partial charge on any atom is -0.465 e. The van der Waals surface area contributed by atoms with Gasteiger partial charge in [-0.3, -0.25) is 4.68 Å². The Hall–Kier alpha value is -2.75. The molecular formula is C18H17ClN4O4S. The van der Waals surface area contributed by atoms with E-state index in [9.17, 15) is 13.2 Å². The summed E-state index contributed by atoms with van der Waals surface area (Å²) < 4.78 is 34.9. The number of esters is 1. The number of aromatic nitrogens is 3. The lowest BCUT2D eigenvalue weighted by Gasteiger charge is -2.20. The smallest absolute Gasteiger partial charge is 0.337 e. The van der Waals surface area contributed by atoms with Crippen molar-refractivity contribution < 1.29 is 17.9 Å². The van der Waals surface area contributed by atoms with E-state index in [-0.39, 0.29) is 22.0 Å². The molecule has 146 valence electrons. The van der Waals surface area contributed by atoms with Crippen molar-refractivity contribution in [2.45, 2.75) is 17.5 Å². The molecule has 3 rings (SSSR count). The van der Waals surface area contributed by atoms with Crippen LogP contribution in [0, 0.1) is 0 Å². The molecular weight excluding hydrogens is 404 g/mol. The summed E-state index contributed by atoms with van der Waals surface area (Å²) in [5.74, 6) is -0.657. The fourth-order valence-electron chi connectivity index (χ4n) is 2.62. The summed E-state index contributed by atoms with van der Waals surface area (Å²) in [7, 11) is -2.84. The van der Waals surface area contributed by atoms with E-state index in [1.165, 1.54) is 42.6 Å². The van der Waals surface area contributed by atoms with Gasteiger partial charge in [-0.25, -0.2) is 22.9 Å². The summed E-state index contributed by atoms with van der Waals surface area (Å²) in [5, 5.41) is 4.03. The summed E-state index contributed by atoms with van der Waals surface area (Å²) >= 11 is 6.10. The molecule has 28 heavy (non-hydrogen) atoms. The first-order chi connectivity index (χ1) is 13.4. The van der Waals surface area contributed by atoms with Crippen LogP contribution in [0.4, 0.5) is 0 Å². The number of carbonyl (C=O) groups excluding carboxylic acids is 1. The summed E-state index contributed by atoms with van der Waals surface area (Å²) in [5.41, 5.74) is 0.821. The molecule has 0 fully saturated rings. The summed E-state index contributed by atoms with van der Waals surface area (Å²) in [6.07, 6.45) is 2.86. The molecule has 1 N–H and O–H groups in total. The van der Waals surface area contributed by atoms with Crippen molar-refractivity contribution in [2.24, 2.45) is 0 Å². The Kier molecular flexibility index (Phi) is 6.08. The zero-order valence-electron chi connectivity index (χ0n) is 14.8. The van der Waals surface area contributed by atoms with Crippen LogP contribution in [0.3, 0.4) is 0 Å². The van der Waals surface area contributed by atoms with E-state index in [0.29, 0.717) is 0 Å². The first kappa shape index (κ1) is 20.0. The van der Waals surface area contributed by atoms with E-state index in [1.807, 2.05) is 18.2 Å². The SMILES string of the molecule is COC(=O)c1ccc(Cl)c(S(=O)(=O)NC(Cn2cncn2)c2ccccc2)c1. The zero-order valence-corrected chi connectivity index (χ0v) is 16.4. The van der Waals surface area contributed by atoms with Gasteiger partial charge in [0.2, 0.25) is 10.0 Å². The number of hydrogen-bond donors (Lipinski definition) is 1. The minimum atomic E-state index is -4.06. The van der Waals surface area contributed by atoms with Crippen LogP contribution in [0.15, 0.2) is 66.1 Å². The summed E-state index contributed by atoms with van der Waals surface area (Å²) in [6, 6.07) is 12.4. The predicted molar refractivity (Wildman–Crippen MR) is 102 cm³/mol. The highest BCUT2D eigenvalue weighted by molar-refractivity contribution is 7.89. The van der Waals surface area contributed by atoms with Crippen molar-refractivity contribution in [3.05, 3.63) is 77.3 Å². The molecule has 0 saturated carbocycles. The van der Waals surface area contributed by atoms with E-state index in [2.05, 4.69) is 19.5 Å². The van der Waals surface area contributed by atoms with Crippen LogP contribution in [0.5, 0.6) is 0 Å². The highest BCUT2D eigenvalue weighted by Crippen LogP contribution is 2.25. The number of carbonyl (C=O) groups is 1. The average molecular weight is 421 g/mol. The topological polar surface area (TPSA) is 103 Å². The van der Waals surface area contributed by atoms with Gasteiger partial charge in [0.25, 0.3) is 0 Å².